The molecule has 0 fully saturated rings. The van der Waals surface area contributed by atoms with Gasteiger partial charge in [0.15, 0.2) is 17.3 Å². The first-order valence-corrected chi connectivity index (χ1v) is 7.73. The summed E-state index contributed by atoms with van der Waals surface area (Å²) in [6.45, 7) is 4.27. The maximum absolute atomic E-state index is 12.3. The Bertz CT molecular complexity index is 778. The Kier molecular flexibility index (Phi) is 4.03. The second kappa shape index (κ2) is 5.97. The van der Waals surface area contributed by atoms with Crippen LogP contribution in [-0.4, -0.2) is 12.6 Å². The van der Waals surface area contributed by atoms with Crippen molar-refractivity contribution in [1.82, 2.24) is 0 Å². The number of ether oxygens (including phenoxy) is 2. The van der Waals surface area contributed by atoms with Crippen LogP contribution < -0.4 is 9.47 Å². The number of allylic oxidation sites excluding steroid dienone is 1. The van der Waals surface area contributed by atoms with Crippen LogP contribution in [0.5, 0.6) is 11.5 Å². The summed E-state index contributed by atoms with van der Waals surface area (Å²) in [5, 5.41) is 0. The van der Waals surface area contributed by atoms with Crippen molar-refractivity contribution in [3.8, 4) is 11.5 Å². The van der Waals surface area contributed by atoms with Crippen molar-refractivity contribution in [1.29, 1.82) is 0 Å². The zero-order chi connectivity index (χ0) is 15.7. The highest BCUT2D eigenvalue weighted by molar-refractivity contribution is 9.10. The monoisotopic (exact) mass is 358 g/mol. The summed E-state index contributed by atoms with van der Waals surface area (Å²) >= 11 is 3.48. The van der Waals surface area contributed by atoms with Gasteiger partial charge < -0.3 is 9.47 Å². The van der Waals surface area contributed by atoms with Crippen molar-refractivity contribution in [2.24, 2.45) is 0 Å². The quantitative estimate of drug-likeness (QED) is 0.589. The lowest BCUT2D eigenvalue weighted by molar-refractivity contribution is 0.104. The maximum Gasteiger partial charge on any atom is 0.231 e. The summed E-state index contributed by atoms with van der Waals surface area (Å²) < 4.78 is 11.5. The minimum absolute atomic E-state index is 0.0207. The van der Waals surface area contributed by atoms with E-state index in [9.17, 15) is 4.79 Å². The van der Waals surface area contributed by atoms with Crippen molar-refractivity contribution in [3.63, 3.8) is 0 Å². The lowest BCUT2D eigenvalue weighted by Crippen LogP contribution is -1.95. The van der Waals surface area contributed by atoms with Gasteiger partial charge in [0, 0.05) is 10.0 Å². The second-order valence-electron chi connectivity index (χ2n) is 5.22. The number of rotatable bonds is 3. The zero-order valence-electron chi connectivity index (χ0n) is 12.4. The Morgan fingerprint density at radius 2 is 1.82 bits per heavy atom. The Balaban J connectivity index is 1.84. The normalized spacial score (nSPS) is 12.9. The van der Waals surface area contributed by atoms with Crippen molar-refractivity contribution in [3.05, 3.63) is 63.1 Å². The molecule has 0 spiro atoms. The first-order chi connectivity index (χ1) is 10.5. The van der Waals surface area contributed by atoms with Crippen LogP contribution >= 0.6 is 15.9 Å². The van der Waals surface area contributed by atoms with E-state index in [2.05, 4.69) is 15.9 Å². The molecule has 0 bridgehead atoms. The van der Waals surface area contributed by atoms with Crippen LogP contribution in [-0.2, 0) is 0 Å². The van der Waals surface area contributed by atoms with Crippen LogP contribution in [0, 0.1) is 13.8 Å². The van der Waals surface area contributed by atoms with E-state index >= 15 is 0 Å². The average molecular weight is 359 g/mol. The number of hydrogen-bond donors (Lipinski definition) is 0. The van der Waals surface area contributed by atoms with Crippen LogP contribution in [0.25, 0.3) is 6.08 Å². The topological polar surface area (TPSA) is 35.5 Å². The van der Waals surface area contributed by atoms with Gasteiger partial charge in [-0.3, -0.25) is 4.79 Å². The number of aryl methyl sites for hydroxylation is 2. The number of fused-ring (bicyclic) bond motifs is 1. The molecule has 0 aromatic heterocycles. The maximum atomic E-state index is 12.3. The fraction of sp³-hybridized carbons (Fsp3) is 0.167. The SMILES string of the molecule is Cc1ccc(C(=O)/C=C/c2cc3c(cc2Br)OCO3)cc1C. The van der Waals surface area contributed by atoms with E-state index < -0.39 is 0 Å². The lowest BCUT2D eigenvalue weighted by atomic mass is 10.0. The van der Waals surface area contributed by atoms with Gasteiger partial charge in [-0.15, -0.1) is 0 Å². The number of ketones is 1. The van der Waals surface area contributed by atoms with Gasteiger partial charge in [-0.1, -0.05) is 28.1 Å². The summed E-state index contributed by atoms with van der Waals surface area (Å²) in [6.07, 6.45) is 3.36. The van der Waals surface area contributed by atoms with Crippen molar-refractivity contribution in [2.45, 2.75) is 13.8 Å². The zero-order valence-corrected chi connectivity index (χ0v) is 13.9. The second-order valence-corrected chi connectivity index (χ2v) is 6.08. The number of benzene rings is 2. The van der Waals surface area contributed by atoms with Gasteiger partial charge in [0.1, 0.15) is 0 Å². The molecular formula is C18H15BrO3. The molecule has 0 amide bonds. The summed E-state index contributed by atoms with van der Waals surface area (Å²) in [5.74, 6) is 1.39. The molecule has 0 saturated heterocycles. The van der Waals surface area contributed by atoms with Crippen LogP contribution in [0.1, 0.15) is 27.0 Å². The highest BCUT2D eigenvalue weighted by Gasteiger charge is 2.15. The van der Waals surface area contributed by atoms with E-state index in [0.29, 0.717) is 17.1 Å². The minimum atomic E-state index is -0.0207. The van der Waals surface area contributed by atoms with E-state index in [1.807, 2.05) is 44.2 Å². The summed E-state index contributed by atoms with van der Waals surface area (Å²) in [5.41, 5.74) is 3.86. The van der Waals surface area contributed by atoms with Gasteiger partial charge >= 0.3 is 0 Å². The van der Waals surface area contributed by atoms with Gasteiger partial charge in [0.25, 0.3) is 0 Å². The molecule has 2 aromatic rings. The average Bonchev–Trinajstić information content (AvgIpc) is 2.94. The Hall–Kier alpha value is -2.07. The summed E-state index contributed by atoms with van der Waals surface area (Å²) in [7, 11) is 0. The van der Waals surface area contributed by atoms with Crippen LogP contribution in [0.3, 0.4) is 0 Å². The predicted octanol–water partition coefficient (Wildman–Crippen LogP) is 4.69. The third kappa shape index (κ3) is 2.92. The smallest absolute Gasteiger partial charge is 0.231 e. The molecule has 3 rings (SSSR count). The molecule has 0 saturated carbocycles. The molecule has 1 aliphatic rings. The number of hydrogen-bond acceptors (Lipinski definition) is 3. The molecule has 1 aliphatic heterocycles. The minimum Gasteiger partial charge on any atom is -0.454 e. The lowest BCUT2D eigenvalue weighted by Gasteiger charge is -2.03. The Morgan fingerprint density at radius 3 is 2.55 bits per heavy atom. The van der Waals surface area contributed by atoms with Crippen LogP contribution in [0.2, 0.25) is 0 Å². The third-order valence-corrected chi connectivity index (χ3v) is 4.38. The summed E-state index contributed by atoms with van der Waals surface area (Å²) in [4.78, 5) is 12.3. The molecule has 22 heavy (non-hydrogen) atoms. The molecule has 1 heterocycles. The fourth-order valence-corrected chi connectivity index (χ4v) is 2.67. The number of carbonyl (C=O) groups excluding carboxylic acids is 1. The molecule has 112 valence electrons. The highest BCUT2D eigenvalue weighted by Crippen LogP contribution is 2.37. The van der Waals surface area contributed by atoms with E-state index in [1.165, 1.54) is 5.56 Å². The van der Waals surface area contributed by atoms with Crippen molar-refractivity contribution in [2.75, 3.05) is 6.79 Å². The van der Waals surface area contributed by atoms with Gasteiger partial charge in [0.05, 0.1) is 0 Å². The van der Waals surface area contributed by atoms with Gasteiger partial charge in [-0.25, -0.2) is 0 Å². The molecule has 0 aliphatic carbocycles. The highest BCUT2D eigenvalue weighted by atomic mass is 79.9. The van der Waals surface area contributed by atoms with Gasteiger partial charge in [-0.2, -0.15) is 0 Å². The predicted molar refractivity (Wildman–Crippen MR) is 89.5 cm³/mol. The van der Waals surface area contributed by atoms with Crippen LogP contribution in [0.4, 0.5) is 0 Å². The summed E-state index contributed by atoms with van der Waals surface area (Å²) in [6, 6.07) is 9.44. The largest absolute Gasteiger partial charge is 0.454 e. The Labute approximate surface area is 137 Å². The standard InChI is InChI=1S/C18H15BrO3/c1-11-3-4-14(7-12(11)2)16(20)6-5-13-8-17-18(9-15(13)19)22-10-21-17/h3-9H,10H2,1-2H3/b6-5+. The molecule has 0 N–H and O–H groups in total. The molecule has 2 aromatic carbocycles. The molecular weight excluding hydrogens is 344 g/mol. The van der Waals surface area contributed by atoms with Crippen molar-refractivity contribution < 1.29 is 14.3 Å². The Morgan fingerprint density at radius 1 is 1.09 bits per heavy atom. The third-order valence-electron chi connectivity index (χ3n) is 3.70. The van der Waals surface area contributed by atoms with Crippen molar-refractivity contribution >= 4 is 27.8 Å². The van der Waals surface area contributed by atoms with Crippen LogP contribution in [0.15, 0.2) is 40.9 Å². The first kappa shape index (κ1) is 14.9. The molecule has 0 unspecified atom stereocenters. The first-order valence-electron chi connectivity index (χ1n) is 6.93. The number of carbonyl (C=O) groups is 1. The van der Waals surface area contributed by atoms with E-state index in [1.54, 1.807) is 12.2 Å². The van der Waals surface area contributed by atoms with E-state index in [0.717, 1.165) is 15.6 Å². The van der Waals surface area contributed by atoms with Gasteiger partial charge in [0.2, 0.25) is 6.79 Å². The molecule has 3 nitrogen and oxygen atoms in total. The van der Waals surface area contributed by atoms with Gasteiger partial charge in [-0.05, 0) is 60.9 Å². The molecule has 0 radical (unpaired) electrons. The number of halogens is 1. The molecule has 4 heteroatoms. The van der Waals surface area contributed by atoms with E-state index in [4.69, 9.17) is 9.47 Å². The fourth-order valence-electron chi connectivity index (χ4n) is 2.22. The molecule has 0 atom stereocenters. The van der Waals surface area contributed by atoms with E-state index in [-0.39, 0.29) is 12.6 Å².